The number of hydrogen-bond acceptors (Lipinski definition) is 4. The molecule has 0 atom stereocenters. The summed E-state index contributed by atoms with van der Waals surface area (Å²) in [4.78, 5) is 2.65. The number of piperidine rings is 1. The molecule has 0 spiro atoms. The van der Waals surface area contributed by atoms with E-state index in [1.165, 1.54) is 44.3 Å². The highest BCUT2D eigenvalue weighted by Crippen LogP contribution is 2.29. The highest BCUT2D eigenvalue weighted by atomic mass is 16.5. The molecule has 112 valence electrons. The third-order valence-electron chi connectivity index (χ3n) is 4.39. The van der Waals surface area contributed by atoms with Gasteiger partial charge in [-0.3, -0.25) is 0 Å². The minimum Gasteiger partial charge on any atom is -0.479 e. The lowest BCUT2D eigenvalue weighted by Crippen LogP contribution is -2.43. The van der Waals surface area contributed by atoms with Crippen LogP contribution in [0.4, 0.5) is 0 Å². The molecule has 0 bridgehead atoms. The standard InChI is InChI=1S/C17H23N3O/c18-8-11-21-17-3-1-2-14(12-17)13-19-15-6-9-20(10-7-15)16-4-5-16/h1-3,12,15-16,19H,4-7,9-11,13H2. The summed E-state index contributed by atoms with van der Waals surface area (Å²) in [6.45, 7) is 3.47. The molecule has 1 saturated carbocycles. The van der Waals surface area contributed by atoms with E-state index >= 15 is 0 Å². The summed E-state index contributed by atoms with van der Waals surface area (Å²) >= 11 is 0. The summed E-state index contributed by atoms with van der Waals surface area (Å²) < 4.78 is 5.34. The lowest BCUT2D eigenvalue weighted by molar-refractivity contribution is 0.189. The number of rotatable bonds is 6. The van der Waals surface area contributed by atoms with E-state index in [9.17, 15) is 0 Å². The topological polar surface area (TPSA) is 48.3 Å². The van der Waals surface area contributed by atoms with Crippen LogP contribution >= 0.6 is 0 Å². The first-order valence-corrected chi connectivity index (χ1v) is 7.91. The van der Waals surface area contributed by atoms with Gasteiger partial charge in [-0.05, 0) is 56.5 Å². The molecule has 21 heavy (non-hydrogen) atoms. The van der Waals surface area contributed by atoms with E-state index in [1.54, 1.807) is 0 Å². The Morgan fingerprint density at radius 3 is 2.76 bits per heavy atom. The Bertz CT molecular complexity index is 499. The van der Waals surface area contributed by atoms with Crippen molar-refractivity contribution in [2.24, 2.45) is 0 Å². The monoisotopic (exact) mass is 285 g/mol. The number of nitriles is 1. The smallest absolute Gasteiger partial charge is 0.174 e. The van der Waals surface area contributed by atoms with Gasteiger partial charge in [0.25, 0.3) is 0 Å². The van der Waals surface area contributed by atoms with Crippen molar-refractivity contribution < 1.29 is 4.74 Å². The van der Waals surface area contributed by atoms with Gasteiger partial charge in [-0.15, -0.1) is 0 Å². The van der Waals surface area contributed by atoms with Gasteiger partial charge in [-0.25, -0.2) is 0 Å². The normalized spacial score (nSPS) is 20.1. The first-order valence-electron chi connectivity index (χ1n) is 7.91. The second-order valence-corrected chi connectivity index (χ2v) is 6.02. The lowest BCUT2D eigenvalue weighted by atomic mass is 10.0. The Labute approximate surface area is 126 Å². The second kappa shape index (κ2) is 6.93. The molecule has 4 nitrogen and oxygen atoms in total. The average Bonchev–Trinajstić information content (AvgIpc) is 3.37. The Morgan fingerprint density at radius 1 is 1.24 bits per heavy atom. The number of hydrogen-bond donors (Lipinski definition) is 1. The number of nitrogens with zero attached hydrogens (tertiary/aromatic N) is 2. The fraction of sp³-hybridized carbons (Fsp3) is 0.588. The van der Waals surface area contributed by atoms with Crippen LogP contribution in [0.2, 0.25) is 0 Å². The van der Waals surface area contributed by atoms with E-state index in [0.717, 1.165) is 18.3 Å². The van der Waals surface area contributed by atoms with Crippen molar-refractivity contribution in [1.82, 2.24) is 10.2 Å². The molecule has 1 aliphatic heterocycles. The Hall–Kier alpha value is -1.57. The van der Waals surface area contributed by atoms with Gasteiger partial charge in [-0.1, -0.05) is 12.1 Å². The van der Waals surface area contributed by atoms with Crippen molar-refractivity contribution in [1.29, 1.82) is 5.26 Å². The average molecular weight is 285 g/mol. The van der Waals surface area contributed by atoms with Crippen molar-refractivity contribution in [3.05, 3.63) is 29.8 Å². The van der Waals surface area contributed by atoms with Gasteiger partial charge < -0.3 is 15.0 Å². The van der Waals surface area contributed by atoms with Crippen LogP contribution in [0, 0.1) is 11.3 Å². The fourth-order valence-corrected chi connectivity index (χ4v) is 3.03. The Morgan fingerprint density at radius 2 is 2.05 bits per heavy atom. The van der Waals surface area contributed by atoms with Crippen molar-refractivity contribution in [3.63, 3.8) is 0 Å². The Balaban J connectivity index is 1.43. The van der Waals surface area contributed by atoms with Crippen LogP contribution in [0.25, 0.3) is 0 Å². The molecule has 1 aromatic carbocycles. The lowest BCUT2D eigenvalue weighted by Gasteiger charge is -2.32. The molecule has 1 aliphatic carbocycles. The summed E-state index contributed by atoms with van der Waals surface area (Å²) in [6, 6.07) is 11.5. The van der Waals surface area contributed by atoms with Gasteiger partial charge in [0.15, 0.2) is 6.61 Å². The van der Waals surface area contributed by atoms with Gasteiger partial charge in [0.1, 0.15) is 11.8 Å². The number of benzene rings is 1. The van der Waals surface area contributed by atoms with E-state index in [0.29, 0.717) is 6.04 Å². The molecule has 2 fully saturated rings. The predicted octanol–water partition coefficient (Wildman–Crippen LogP) is 2.31. The van der Waals surface area contributed by atoms with Crippen LogP contribution in [0.3, 0.4) is 0 Å². The minimum atomic E-state index is 0.108. The summed E-state index contributed by atoms with van der Waals surface area (Å²) in [5.41, 5.74) is 1.22. The largest absolute Gasteiger partial charge is 0.479 e. The molecule has 0 radical (unpaired) electrons. The summed E-state index contributed by atoms with van der Waals surface area (Å²) in [7, 11) is 0. The third kappa shape index (κ3) is 4.20. The molecule has 0 unspecified atom stereocenters. The highest BCUT2D eigenvalue weighted by Gasteiger charge is 2.31. The van der Waals surface area contributed by atoms with E-state index in [1.807, 2.05) is 24.3 Å². The zero-order chi connectivity index (χ0) is 14.5. The van der Waals surface area contributed by atoms with Gasteiger partial charge >= 0.3 is 0 Å². The molecule has 0 aromatic heterocycles. The first-order chi connectivity index (χ1) is 10.3. The summed E-state index contributed by atoms with van der Waals surface area (Å²) in [5.74, 6) is 0.777. The molecular formula is C17H23N3O. The second-order valence-electron chi connectivity index (χ2n) is 6.02. The van der Waals surface area contributed by atoms with Crippen molar-refractivity contribution >= 4 is 0 Å². The molecule has 1 heterocycles. The molecule has 3 rings (SSSR count). The maximum atomic E-state index is 8.54. The van der Waals surface area contributed by atoms with E-state index in [4.69, 9.17) is 10.00 Å². The number of nitrogens with one attached hydrogen (secondary N) is 1. The first kappa shape index (κ1) is 14.4. The molecule has 2 aliphatic rings. The maximum absolute atomic E-state index is 8.54. The van der Waals surface area contributed by atoms with E-state index in [2.05, 4.69) is 16.3 Å². The molecule has 0 amide bonds. The van der Waals surface area contributed by atoms with E-state index < -0.39 is 0 Å². The van der Waals surface area contributed by atoms with Crippen LogP contribution in [0.15, 0.2) is 24.3 Å². The Kier molecular flexibility index (Phi) is 4.74. The number of ether oxygens (including phenoxy) is 1. The fourth-order valence-electron chi connectivity index (χ4n) is 3.03. The molecule has 4 heteroatoms. The van der Waals surface area contributed by atoms with Crippen LogP contribution in [-0.4, -0.2) is 36.7 Å². The van der Waals surface area contributed by atoms with Crippen LogP contribution < -0.4 is 10.1 Å². The van der Waals surface area contributed by atoms with E-state index in [-0.39, 0.29) is 6.61 Å². The maximum Gasteiger partial charge on any atom is 0.174 e. The third-order valence-corrected chi connectivity index (χ3v) is 4.39. The summed E-state index contributed by atoms with van der Waals surface area (Å²) in [5, 5.41) is 12.2. The summed E-state index contributed by atoms with van der Waals surface area (Å²) in [6.07, 6.45) is 5.32. The molecular weight excluding hydrogens is 262 g/mol. The van der Waals surface area contributed by atoms with Crippen LogP contribution in [0.1, 0.15) is 31.2 Å². The predicted molar refractivity (Wildman–Crippen MR) is 82.0 cm³/mol. The van der Waals surface area contributed by atoms with Gasteiger partial charge in [0.2, 0.25) is 0 Å². The SMILES string of the molecule is N#CCOc1cccc(CNC2CCN(C3CC3)CC2)c1. The van der Waals surface area contributed by atoms with Crippen molar-refractivity contribution in [2.75, 3.05) is 19.7 Å². The van der Waals surface area contributed by atoms with Gasteiger partial charge in [-0.2, -0.15) is 5.26 Å². The van der Waals surface area contributed by atoms with Crippen molar-refractivity contribution in [2.45, 2.75) is 44.3 Å². The van der Waals surface area contributed by atoms with Crippen LogP contribution in [-0.2, 0) is 6.54 Å². The quantitative estimate of drug-likeness (QED) is 0.871. The molecule has 1 saturated heterocycles. The molecule has 1 N–H and O–H groups in total. The zero-order valence-corrected chi connectivity index (χ0v) is 12.4. The molecule has 1 aromatic rings. The number of likely N-dealkylation sites (tertiary alicyclic amines) is 1. The zero-order valence-electron chi connectivity index (χ0n) is 12.4. The van der Waals surface area contributed by atoms with Gasteiger partial charge in [0, 0.05) is 18.6 Å². The van der Waals surface area contributed by atoms with Crippen LogP contribution in [0.5, 0.6) is 5.75 Å². The highest BCUT2D eigenvalue weighted by molar-refractivity contribution is 5.28. The van der Waals surface area contributed by atoms with Crippen molar-refractivity contribution in [3.8, 4) is 11.8 Å². The minimum absolute atomic E-state index is 0.108. The van der Waals surface area contributed by atoms with Gasteiger partial charge in [0.05, 0.1) is 0 Å².